The van der Waals surface area contributed by atoms with Gasteiger partial charge in [-0.15, -0.1) is 11.3 Å². The van der Waals surface area contributed by atoms with E-state index in [-0.39, 0.29) is 17.4 Å². The lowest BCUT2D eigenvalue weighted by Crippen LogP contribution is -2.48. The number of carbonyl (C=O) groups is 2. The van der Waals surface area contributed by atoms with Gasteiger partial charge in [0.1, 0.15) is 16.4 Å². The first-order valence-electron chi connectivity index (χ1n) is 8.70. The second-order valence-corrected chi connectivity index (χ2v) is 7.93. The monoisotopic (exact) mass is 463 g/mol. The molecule has 3 aromatic rings. The number of fused-ring (bicyclic) bond motifs is 1. The van der Waals surface area contributed by atoms with E-state index in [2.05, 4.69) is 16.2 Å². The third-order valence-corrected chi connectivity index (χ3v) is 5.97. The van der Waals surface area contributed by atoms with Crippen LogP contribution in [0.5, 0.6) is 11.5 Å². The number of ether oxygens (including phenoxy) is 2. The number of rotatable bonds is 5. The van der Waals surface area contributed by atoms with Crippen LogP contribution in [0.25, 0.3) is 10.1 Å². The molecule has 1 heterocycles. The predicted octanol–water partition coefficient (Wildman–Crippen LogP) is 3.45. The van der Waals surface area contributed by atoms with Gasteiger partial charge in [-0.25, -0.2) is 0 Å². The number of carbonyl (C=O) groups excluding carboxylic acids is 2. The largest absolute Gasteiger partial charge is 0.497 e. The molecule has 156 valence electrons. The molecule has 0 aliphatic carbocycles. The molecular formula is C20H18ClN3O4S2. The molecule has 0 aliphatic heterocycles. The Morgan fingerprint density at radius 1 is 1.03 bits per heavy atom. The number of halogens is 1. The maximum absolute atomic E-state index is 12.5. The third kappa shape index (κ3) is 5.18. The average molecular weight is 464 g/mol. The fraction of sp³-hybridized carbons (Fsp3) is 0.150. The number of nitrogens with one attached hydrogen (secondary N) is 3. The summed E-state index contributed by atoms with van der Waals surface area (Å²) in [6, 6.07) is 12.5. The molecule has 1 aromatic heterocycles. The lowest BCUT2D eigenvalue weighted by Gasteiger charge is -2.10. The second kappa shape index (κ2) is 9.75. The van der Waals surface area contributed by atoms with E-state index in [9.17, 15) is 9.59 Å². The molecule has 3 rings (SSSR count). The van der Waals surface area contributed by atoms with Crippen LogP contribution in [0.4, 0.5) is 0 Å². The first-order valence-corrected chi connectivity index (χ1v) is 10.3. The van der Waals surface area contributed by atoms with Crippen molar-refractivity contribution < 1.29 is 19.1 Å². The van der Waals surface area contributed by atoms with Crippen LogP contribution in [0.15, 0.2) is 42.5 Å². The Hall–Kier alpha value is -2.88. The minimum Gasteiger partial charge on any atom is -0.497 e. The maximum Gasteiger partial charge on any atom is 0.269 e. The number of thiophene rings is 1. The summed E-state index contributed by atoms with van der Waals surface area (Å²) < 4.78 is 11.1. The van der Waals surface area contributed by atoms with E-state index in [0.717, 1.165) is 15.6 Å². The van der Waals surface area contributed by atoms with Crippen LogP contribution < -0.4 is 25.6 Å². The number of thiocarbonyl (C=S) groups is 1. The lowest BCUT2D eigenvalue weighted by molar-refractivity contribution is -0.121. The molecule has 0 bridgehead atoms. The van der Waals surface area contributed by atoms with E-state index in [1.54, 1.807) is 56.7 Å². The van der Waals surface area contributed by atoms with Gasteiger partial charge in [-0.3, -0.25) is 25.8 Å². The van der Waals surface area contributed by atoms with Gasteiger partial charge < -0.3 is 9.47 Å². The van der Waals surface area contributed by atoms with E-state index >= 15 is 0 Å². The fourth-order valence-corrected chi connectivity index (χ4v) is 4.19. The van der Waals surface area contributed by atoms with Crippen LogP contribution in [0.3, 0.4) is 0 Å². The highest BCUT2D eigenvalue weighted by molar-refractivity contribution is 7.80. The van der Waals surface area contributed by atoms with Gasteiger partial charge in [0.2, 0.25) is 5.91 Å². The number of amides is 2. The molecule has 0 saturated carbocycles. The van der Waals surface area contributed by atoms with Gasteiger partial charge in [0.15, 0.2) is 5.11 Å². The average Bonchev–Trinajstić information content (AvgIpc) is 3.08. The highest BCUT2D eigenvalue weighted by atomic mass is 35.5. The van der Waals surface area contributed by atoms with Gasteiger partial charge in [-0.1, -0.05) is 23.7 Å². The van der Waals surface area contributed by atoms with Crippen molar-refractivity contribution in [1.82, 2.24) is 16.2 Å². The van der Waals surface area contributed by atoms with Crippen molar-refractivity contribution in [2.45, 2.75) is 6.42 Å². The molecule has 0 aliphatic rings. The van der Waals surface area contributed by atoms with Gasteiger partial charge in [-0.05, 0) is 48.1 Å². The van der Waals surface area contributed by atoms with Crippen LogP contribution in [-0.2, 0) is 11.2 Å². The van der Waals surface area contributed by atoms with Gasteiger partial charge in [0.25, 0.3) is 5.91 Å². The number of hydrazine groups is 1. The van der Waals surface area contributed by atoms with Crippen molar-refractivity contribution in [3.63, 3.8) is 0 Å². The molecule has 0 spiro atoms. The van der Waals surface area contributed by atoms with Gasteiger partial charge in [0.05, 0.1) is 25.7 Å². The zero-order valence-corrected chi connectivity index (χ0v) is 18.5. The van der Waals surface area contributed by atoms with Crippen molar-refractivity contribution in [3.05, 3.63) is 57.9 Å². The van der Waals surface area contributed by atoms with Crippen LogP contribution in [0.2, 0.25) is 5.02 Å². The zero-order chi connectivity index (χ0) is 21.7. The number of benzene rings is 2. The first-order chi connectivity index (χ1) is 14.4. The van der Waals surface area contributed by atoms with E-state index in [1.165, 1.54) is 11.3 Å². The maximum atomic E-state index is 12.5. The quantitative estimate of drug-likeness (QED) is 0.397. The fourth-order valence-electron chi connectivity index (χ4n) is 2.61. The summed E-state index contributed by atoms with van der Waals surface area (Å²) in [6.45, 7) is 0. The predicted molar refractivity (Wildman–Crippen MR) is 121 cm³/mol. The third-order valence-electron chi connectivity index (χ3n) is 4.11. The van der Waals surface area contributed by atoms with Crippen molar-refractivity contribution >= 4 is 62.2 Å². The molecule has 0 saturated heterocycles. The summed E-state index contributed by atoms with van der Waals surface area (Å²) in [7, 11) is 3.14. The minimum atomic E-state index is -0.470. The molecule has 0 radical (unpaired) electrons. The highest BCUT2D eigenvalue weighted by Gasteiger charge is 2.18. The molecule has 10 heteroatoms. The second-order valence-electron chi connectivity index (χ2n) is 6.09. The van der Waals surface area contributed by atoms with E-state index in [1.807, 2.05) is 0 Å². The number of hydrogen-bond donors (Lipinski definition) is 3. The van der Waals surface area contributed by atoms with E-state index in [0.29, 0.717) is 21.4 Å². The Labute approximate surface area is 187 Å². The molecule has 3 N–H and O–H groups in total. The highest BCUT2D eigenvalue weighted by Crippen LogP contribution is 2.37. The topological polar surface area (TPSA) is 88.7 Å². The number of hydrogen-bond acceptors (Lipinski definition) is 6. The van der Waals surface area contributed by atoms with E-state index < -0.39 is 5.91 Å². The Morgan fingerprint density at radius 3 is 2.37 bits per heavy atom. The van der Waals surface area contributed by atoms with Crippen LogP contribution in [0, 0.1) is 0 Å². The summed E-state index contributed by atoms with van der Waals surface area (Å²) in [6.07, 6.45) is 0.136. The van der Waals surface area contributed by atoms with Crippen LogP contribution in [0.1, 0.15) is 15.2 Å². The summed E-state index contributed by atoms with van der Waals surface area (Å²) in [4.78, 5) is 24.9. The molecule has 30 heavy (non-hydrogen) atoms. The molecule has 0 unspecified atom stereocenters. The first kappa shape index (κ1) is 21.8. The van der Waals surface area contributed by atoms with Crippen LogP contribution >= 0.6 is 35.2 Å². The molecule has 2 amide bonds. The molecular weight excluding hydrogens is 446 g/mol. The molecule has 7 nitrogen and oxygen atoms in total. The van der Waals surface area contributed by atoms with Crippen LogP contribution in [-0.4, -0.2) is 31.1 Å². The summed E-state index contributed by atoms with van der Waals surface area (Å²) >= 11 is 12.6. The summed E-state index contributed by atoms with van der Waals surface area (Å²) in [5, 5.41) is 3.54. The summed E-state index contributed by atoms with van der Waals surface area (Å²) in [5.41, 5.74) is 5.77. The normalized spacial score (nSPS) is 10.4. The zero-order valence-electron chi connectivity index (χ0n) is 16.1. The van der Waals surface area contributed by atoms with Gasteiger partial charge >= 0.3 is 0 Å². The molecule has 2 aromatic carbocycles. The molecule has 0 fully saturated rings. The molecule has 0 atom stereocenters. The van der Waals surface area contributed by atoms with Crippen molar-refractivity contribution in [1.29, 1.82) is 0 Å². The minimum absolute atomic E-state index is 0.0471. The van der Waals surface area contributed by atoms with E-state index in [4.69, 9.17) is 33.3 Å². The lowest BCUT2D eigenvalue weighted by atomic mass is 10.1. The standard InChI is InChI=1S/C20H18ClN3O4S2/c1-27-12-5-3-11(4-6-12)9-16(25)23-24-20(29)22-19(26)18-17(21)14-8-7-13(28-2)10-15(14)30-18/h3-8,10H,9H2,1-2H3,(H,23,25)(H2,22,24,26,29). The SMILES string of the molecule is COc1ccc(CC(=O)NNC(=S)NC(=O)c2sc3cc(OC)ccc3c2Cl)cc1. The summed E-state index contributed by atoms with van der Waals surface area (Å²) in [5.74, 6) is 0.592. The Bertz CT molecular complexity index is 1100. The Morgan fingerprint density at radius 2 is 1.70 bits per heavy atom. The smallest absolute Gasteiger partial charge is 0.269 e. The van der Waals surface area contributed by atoms with Crippen molar-refractivity contribution in [2.24, 2.45) is 0 Å². The number of methoxy groups -OCH3 is 2. The Kier molecular flexibility index (Phi) is 7.09. The van der Waals surface area contributed by atoms with Gasteiger partial charge in [-0.2, -0.15) is 0 Å². The van der Waals surface area contributed by atoms with Gasteiger partial charge in [0, 0.05) is 10.1 Å². The van der Waals surface area contributed by atoms with Crippen molar-refractivity contribution in [3.8, 4) is 11.5 Å². The Balaban J connectivity index is 1.55. The van der Waals surface area contributed by atoms with Crippen molar-refractivity contribution in [2.75, 3.05) is 14.2 Å².